The van der Waals surface area contributed by atoms with Crippen LogP contribution >= 0.6 is 0 Å². The van der Waals surface area contributed by atoms with Gasteiger partial charge in [0.25, 0.3) is 0 Å². The highest BCUT2D eigenvalue weighted by Gasteiger charge is 2.12. The summed E-state index contributed by atoms with van der Waals surface area (Å²) in [6, 6.07) is 16.2. The summed E-state index contributed by atoms with van der Waals surface area (Å²) in [4.78, 5) is 8.00. The highest BCUT2D eigenvalue weighted by atomic mass is 32.2. The third-order valence-electron chi connectivity index (χ3n) is 3.37. The lowest BCUT2D eigenvalue weighted by Gasteiger charge is -2.05. The van der Waals surface area contributed by atoms with E-state index in [1.807, 2.05) is 24.3 Å². The largest absolute Gasteiger partial charge is 0.342 e. The Morgan fingerprint density at radius 2 is 1.73 bits per heavy atom. The minimum atomic E-state index is -3.42. The second kappa shape index (κ2) is 6.29. The van der Waals surface area contributed by atoms with Crippen molar-refractivity contribution in [1.29, 1.82) is 0 Å². The van der Waals surface area contributed by atoms with Gasteiger partial charge >= 0.3 is 0 Å². The molecule has 1 aromatic heterocycles. The quantitative estimate of drug-likeness (QED) is 0.686. The molecule has 0 unspecified atom stereocenters. The van der Waals surface area contributed by atoms with Gasteiger partial charge in [-0.15, -0.1) is 0 Å². The maximum atomic E-state index is 12.0. The molecule has 0 atom stereocenters. The van der Waals surface area contributed by atoms with Crippen LogP contribution in [0.3, 0.4) is 0 Å². The Morgan fingerprint density at radius 1 is 1.00 bits per heavy atom. The summed E-state index contributed by atoms with van der Waals surface area (Å²) in [5.41, 5.74) is 1.93. The van der Waals surface area contributed by atoms with Gasteiger partial charge in [-0.3, -0.25) is 0 Å². The van der Waals surface area contributed by atoms with Crippen LogP contribution in [-0.2, 0) is 16.4 Å². The van der Waals surface area contributed by atoms with Crippen molar-refractivity contribution >= 4 is 21.1 Å². The second-order valence-corrected chi connectivity index (χ2v) is 6.78. The molecular weight excluding hydrogens is 298 g/mol. The maximum Gasteiger partial charge on any atom is 0.240 e. The molecular formula is C16H17N3O2S. The summed E-state index contributed by atoms with van der Waals surface area (Å²) < 4.78 is 26.7. The zero-order valence-corrected chi connectivity index (χ0v) is 12.8. The van der Waals surface area contributed by atoms with Crippen LogP contribution in [0.25, 0.3) is 11.0 Å². The SMILES string of the molecule is O=S(=O)(NCCCc1nc2ccccc2[nH]1)c1ccccc1. The van der Waals surface area contributed by atoms with Gasteiger partial charge in [-0.2, -0.15) is 0 Å². The fourth-order valence-electron chi connectivity index (χ4n) is 2.27. The molecule has 114 valence electrons. The van der Waals surface area contributed by atoms with Gasteiger partial charge in [0.2, 0.25) is 10.0 Å². The Hall–Kier alpha value is -2.18. The number of para-hydroxylation sites is 2. The first kappa shape index (κ1) is 14.7. The Morgan fingerprint density at radius 3 is 2.50 bits per heavy atom. The van der Waals surface area contributed by atoms with E-state index in [2.05, 4.69) is 14.7 Å². The molecule has 2 N–H and O–H groups in total. The molecule has 0 saturated carbocycles. The number of rotatable bonds is 6. The van der Waals surface area contributed by atoms with Gasteiger partial charge in [0, 0.05) is 13.0 Å². The number of nitrogens with zero attached hydrogens (tertiary/aromatic N) is 1. The summed E-state index contributed by atoms with van der Waals surface area (Å²) in [6.07, 6.45) is 1.39. The van der Waals surface area contributed by atoms with E-state index in [4.69, 9.17) is 0 Å². The molecule has 0 fully saturated rings. The first-order valence-corrected chi connectivity index (χ1v) is 8.62. The molecule has 0 saturated heterocycles. The van der Waals surface area contributed by atoms with Crippen LogP contribution in [0, 0.1) is 0 Å². The van der Waals surface area contributed by atoms with Gasteiger partial charge in [-0.25, -0.2) is 18.1 Å². The van der Waals surface area contributed by atoms with Crippen LogP contribution in [0.5, 0.6) is 0 Å². The molecule has 0 aliphatic heterocycles. The average Bonchev–Trinajstić information content (AvgIpc) is 2.95. The lowest BCUT2D eigenvalue weighted by molar-refractivity contribution is 0.578. The molecule has 3 rings (SSSR count). The van der Waals surface area contributed by atoms with E-state index in [1.165, 1.54) is 0 Å². The number of aromatic amines is 1. The first-order chi connectivity index (χ1) is 10.6. The Kier molecular flexibility index (Phi) is 4.22. The fraction of sp³-hybridized carbons (Fsp3) is 0.188. The first-order valence-electron chi connectivity index (χ1n) is 7.13. The van der Waals surface area contributed by atoms with Gasteiger partial charge < -0.3 is 4.98 Å². The Bertz CT molecular complexity index is 824. The van der Waals surface area contributed by atoms with Crippen molar-refractivity contribution in [3.63, 3.8) is 0 Å². The molecule has 3 aromatic rings. The van der Waals surface area contributed by atoms with Gasteiger partial charge in [0.05, 0.1) is 15.9 Å². The molecule has 2 aromatic carbocycles. The van der Waals surface area contributed by atoms with Crippen molar-refractivity contribution in [3.05, 3.63) is 60.4 Å². The number of aromatic nitrogens is 2. The smallest absolute Gasteiger partial charge is 0.240 e. The molecule has 1 heterocycles. The lowest BCUT2D eigenvalue weighted by Crippen LogP contribution is -2.25. The molecule has 0 aliphatic carbocycles. The van der Waals surface area contributed by atoms with E-state index in [0.717, 1.165) is 16.9 Å². The molecule has 5 nitrogen and oxygen atoms in total. The highest BCUT2D eigenvalue weighted by molar-refractivity contribution is 7.89. The van der Waals surface area contributed by atoms with Crippen molar-refractivity contribution in [2.75, 3.05) is 6.54 Å². The van der Waals surface area contributed by atoms with Crippen LogP contribution in [0.2, 0.25) is 0 Å². The van der Waals surface area contributed by atoms with Crippen LogP contribution in [0.1, 0.15) is 12.2 Å². The third kappa shape index (κ3) is 3.35. The van der Waals surface area contributed by atoms with E-state index in [-0.39, 0.29) is 0 Å². The van der Waals surface area contributed by atoms with Crippen molar-refractivity contribution in [2.45, 2.75) is 17.7 Å². The standard InChI is InChI=1S/C16H17N3O2S/c20-22(21,13-7-2-1-3-8-13)17-12-6-11-16-18-14-9-4-5-10-15(14)19-16/h1-5,7-10,17H,6,11-12H2,(H,18,19). The molecule has 6 heteroatoms. The molecule has 0 aliphatic rings. The zero-order valence-electron chi connectivity index (χ0n) is 12.0. The number of hydrogen-bond donors (Lipinski definition) is 2. The summed E-state index contributed by atoms with van der Waals surface area (Å²) in [7, 11) is -3.42. The van der Waals surface area contributed by atoms with Gasteiger partial charge in [0.15, 0.2) is 0 Å². The number of imidazole rings is 1. The van der Waals surface area contributed by atoms with Crippen molar-refractivity contribution in [1.82, 2.24) is 14.7 Å². The second-order valence-electron chi connectivity index (χ2n) is 5.02. The topological polar surface area (TPSA) is 74.8 Å². The number of sulfonamides is 1. The van der Waals surface area contributed by atoms with Crippen LogP contribution in [-0.4, -0.2) is 24.9 Å². The summed E-state index contributed by atoms with van der Waals surface area (Å²) in [6.45, 7) is 0.383. The predicted molar refractivity (Wildman–Crippen MR) is 86.0 cm³/mol. The van der Waals surface area contributed by atoms with E-state index in [9.17, 15) is 8.42 Å². The molecule has 0 spiro atoms. The van der Waals surface area contributed by atoms with Crippen LogP contribution < -0.4 is 4.72 Å². The number of aryl methyl sites for hydroxylation is 1. The van der Waals surface area contributed by atoms with Crippen molar-refractivity contribution in [3.8, 4) is 0 Å². The van der Waals surface area contributed by atoms with Crippen molar-refractivity contribution in [2.24, 2.45) is 0 Å². The molecule has 0 radical (unpaired) electrons. The van der Waals surface area contributed by atoms with E-state index >= 15 is 0 Å². The van der Waals surface area contributed by atoms with E-state index in [0.29, 0.717) is 24.3 Å². The van der Waals surface area contributed by atoms with Crippen molar-refractivity contribution < 1.29 is 8.42 Å². The normalized spacial score (nSPS) is 11.8. The third-order valence-corrected chi connectivity index (χ3v) is 4.85. The minimum absolute atomic E-state index is 0.290. The number of H-pyrrole nitrogens is 1. The number of nitrogens with one attached hydrogen (secondary N) is 2. The van der Waals surface area contributed by atoms with Crippen LogP contribution in [0.15, 0.2) is 59.5 Å². The summed E-state index contributed by atoms with van der Waals surface area (Å²) in [5.74, 6) is 0.875. The van der Waals surface area contributed by atoms with Gasteiger partial charge in [-0.05, 0) is 30.7 Å². The van der Waals surface area contributed by atoms with Crippen LogP contribution in [0.4, 0.5) is 0 Å². The zero-order chi connectivity index (χ0) is 15.4. The maximum absolute atomic E-state index is 12.0. The molecule has 22 heavy (non-hydrogen) atoms. The van der Waals surface area contributed by atoms with Gasteiger partial charge in [0.1, 0.15) is 5.82 Å². The number of benzene rings is 2. The monoisotopic (exact) mass is 315 g/mol. The summed E-state index contributed by atoms with van der Waals surface area (Å²) in [5, 5.41) is 0. The number of fused-ring (bicyclic) bond motifs is 1. The van der Waals surface area contributed by atoms with E-state index in [1.54, 1.807) is 30.3 Å². The predicted octanol–water partition coefficient (Wildman–Crippen LogP) is 2.47. The number of hydrogen-bond acceptors (Lipinski definition) is 3. The minimum Gasteiger partial charge on any atom is -0.342 e. The lowest BCUT2D eigenvalue weighted by atomic mass is 10.3. The Balaban J connectivity index is 1.55. The average molecular weight is 315 g/mol. The Labute approximate surface area is 129 Å². The highest BCUT2D eigenvalue weighted by Crippen LogP contribution is 2.11. The fourth-order valence-corrected chi connectivity index (χ4v) is 3.36. The van der Waals surface area contributed by atoms with Gasteiger partial charge in [-0.1, -0.05) is 30.3 Å². The molecule has 0 bridgehead atoms. The molecule has 0 amide bonds. The summed E-state index contributed by atoms with van der Waals surface area (Å²) >= 11 is 0. The van der Waals surface area contributed by atoms with E-state index < -0.39 is 10.0 Å².